The van der Waals surface area contributed by atoms with E-state index in [1.807, 2.05) is 36.1 Å². The third kappa shape index (κ3) is 4.14. The first-order chi connectivity index (χ1) is 9.56. The number of rotatable bonds is 4. The number of hydrogen-bond acceptors (Lipinski definition) is 2. The van der Waals surface area contributed by atoms with Gasteiger partial charge in [0.1, 0.15) is 5.75 Å². The number of piperidine rings is 1. The molecule has 2 unspecified atom stereocenters. The predicted octanol–water partition coefficient (Wildman–Crippen LogP) is 3.24. The van der Waals surface area contributed by atoms with Gasteiger partial charge < -0.3 is 9.64 Å². The Bertz CT molecular complexity index is 464. The van der Waals surface area contributed by atoms with Gasteiger partial charge in [-0.3, -0.25) is 4.79 Å². The maximum atomic E-state index is 12.1. The van der Waals surface area contributed by atoms with E-state index in [0.717, 1.165) is 24.3 Å². The van der Waals surface area contributed by atoms with Crippen molar-refractivity contribution in [2.45, 2.75) is 32.1 Å². The summed E-state index contributed by atoms with van der Waals surface area (Å²) in [5, 5.41) is 0.0744. The van der Waals surface area contributed by atoms with E-state index in [1.165, 1.54) is 0 Å². The molecule has 0 aliphatic carbocycles. The highest BCUT2D eigenvalue weighted by atomic mass is 35.5. The predicted molar refractivity (Wildman–Crippen MR) is 81.3 cm³/mol. The van der Waals surface area contributed by atoms with Crippen molar-refractivity contribution in [3.05, 3.63) is 29.8 Å². The third-order valence-corrected chi connectivity index (χ3v) is 4.36. The molecule has 4 heteroatoms. The summed E-state index contributed by atoms with van der Waals surface area (Å²) >= 11 is 6.23. The fourth-order valence-electron chi connectivity index (χ4n) is 2.37. The quantitative estimate of drug-likeness (QED) is 0.798. The molecule has 0 saturated carbocycles. The number of carbonyl (C=O) groups excluding carboxylic acids is 1. The molecular formula is C16H22ClNO2. The van der Waals surface area contributed by atoms with E-state index >= 15 is 0 Å². The van der Waals surface area contributed by atoms with Gasteiger partial charge in [0.2, 0.25) is 5.91 Å². The minimum Gasteiger partial charge on any atom is -0.493 e. The van der Waals surface area contributed by atoms with E-state index in [9.17, 15) is 4.79 Å². The van der Waals surface area contributed by atoms with Crippen molar-refractivity contribution in [2.75, 3.05) is 19.7 Å². The summed E-state index contributed by atoms with van der Waals surface area (Å²) in [6.07, 6.45) is 1.39. The maximum Gasteiger partial charge on any atom is 0.226 e. The van der Waals surface area contributed by atoms with Gasteiger partial charge in [0.05, 0.1) is 18.4 Å². The van der Waals surface area contributed by atoms with Crippen LogP contribution in [0.2, 0.25) is 0 Å². The van der Waals surface area contributed by atoms with Gasteiger partial charge in [-0.2, -0.15) is 0 Å². The van der Waals surface area contributed by atoms with E-state index in [1.54, 1.807) is 0 Å². The Morgan fingerprint density at radius 1 is 1.50 bits per heavy atom. The molecule has 2 atom stereocenters. The smallest absolute Gasteiger partial charge is 0.226 e. The van der Waals surface area contributed by atoms with Gasteiger partial charge in [0.25, 0.3) is 0 Å². The molecule has 0 spiro atoms. The maximum absolute atomic E-state index is 12.1. The van der Waals surface area contributed by atoms with Crippen LogP contribution in [0, 0.1) is 12.8 Å². The number of nitrogens with zero attached hydrogens (tertiary/aromatic N) is 1. The average molecular weight is 296 g/mol. The molecule has 1 aliphatic rings. The second-order valence-electron chi connectivity index (χ2n) is 5.54. The lowest BCUT2D eigenvalue weighted by Crippen LogP contribution is -2.44. The topological polar surface area (TPSA) is 29.5 Å². The van der Waals surface area contributed by atoms with Crippen LogP contribution in [0.1, 0.15) is 25.3 Å². The molecule has 1 amide bonds. The Balaban J connectivity index is 1.75. The summed E-state index contributed by atoms with van der Waals surface area (Å²) in [5.41, 5.74) is 1.16. The standard InChI is InChI=1S/C16H22ClNO2/c1-12-4-3-5-14(10-12)20-9-7-16(19)18-8-6-13(2)15(17)11-18/h3-5,10,13,15H,6-9,11H2,1-2H3. The van der Waals surface area contributed by atoms with E-state index in [4.69, 9.17) is 16.3 Å². The number of halogens is 1. The van der Waals surface area contributed by atoms with Crippen molar-refractivity contribution in [1.29, 1.82) is 0 Å². The van der Waals surface area contributed by atoms with Crippen LogP contribution in [0.4, 0.5) is 0 Å². The van der Waals surface area contributed by atoms with E-state index in [-0.39, 0.29) is 11.3 Å². The molecule has 0 bridgehead atoms. The van der Waals surface area contributed by atoms with Gasteiger partial charge in [0, 0.05) is 13.1 Å². The Labute approximate surface area is 125 Å². The SMILES string of the molecule is Cc1cccc(OCCC(=O)N2CCC(C)C(Cl)C2)c1. The van der Waals surface area contributed by atoms with Crippen LogP contribution in [0.5, 0.6) is 5.75 Å². The Kier molecular flexibility index (Phi) is 5.30. The molecule has 1 aromatic rings. The number of alkyl halides is 1. The van der Waals surface area contributed by atoms with Crippen LogP contribution < -0.4 is 4.74 Å². The number of aryl methyl sites for hydroxylation is 1. The average Bonchev–Trinajstić information content (AvgIpc) is 2.42. The van der Waals surface area contributed by atoms with Crippen LogP contribution in [-0.2, 0) is 4.79 Å². The van der Waals surface area contributed by atoms with Crippen LogP contribution in [0.15, 0.2) is 24.3 Å². The largest absolute Gasteiger partial charge is 0.493 e. The summed E-state index contributed by atoms with van der Waals surface area (Å²) in [6.45, 7) is 6.05. The second kappa shape index (κ2) is 6.98. The van der Waals surface area contributed by atoms with Crippen LogP contribution >= 0.6 is 11.6 Å². The summed E-state index contributed by atoms with van der Waals surface area (Å²) in [6, 6.07) is 7.86. The first-order valence-corrected chi connectivity index (χ1v) is 7.61. The molecule has 0 aromatic heterocycles. The number of hydrogen-bond donors (Lipinski definition) is 0. The monoisotopic (exact) mass is 295 g/mol. The lowest BCUT2D eigenvalue weighted by atomic mass is 9.98. The molecule has 1 fully saturated rings. The van der Waals surface area contributed by atoms with Crippen molar-refractivity contribution in [2.24, 2.45) is 5.92 Å². The van der Waals surface area contributed by atoms with E-state index < -0.39 is 0 Å². The Hall–Kier alpha value is -1.22. The lowest BCUT2D eigenvalue weighted by Gasteiger charge is -2.34. The zero-order valence-corrected chi connectivity index (χ0v) is 12.9. The summed E-state index contributed by atoms with van der Waals surface area (Å²) in [4.78, 5) is 14.0. The number of likely N-dealkylation sites (tertiary alicyclic amines) is 1. The third-order valence-electron chi connectivity index (χ3n) is 3.79. The van der Waals surface area contributed by atoms with Crippen molar-refractivity contribution in [3.8, 4) is 5.75 Å². The lowest BCUT2D eigenvalue weighted by molar-refractivity contribution is -0.132. The Morgan fingerprint density at radius 3 is 3.00 bits per heavy atom. The Morgan fingerprint density at radius 2 is 2.30 bits per heavy atom. The van der Waals surface area contributed by atoms with Gasteiger partial charge in [-0.25, -0.2) is 0 Å². The summed E-state index contributed by atoms with van der Waals surface area (Å²) in [5.74, 6) is 1.44. The minimum atomic E-state index is 0.0744. The van der Waals surface area contributed by atoms with Crippen molar-refractivity contribution in [1.82, 2.24) is 4.90 Å². The second-order valence-corrected chi connectivity index (χ2v) is 6.10. The molecule has 20 heavy (non-hydrogen) atoms. The minimum absolute atomic E-state index is 0.0744. The van der Waals surface area contributed by atoms with Gasteiger partial charge in [-0.1, -0.05) is 19.1 Å². The van der Waals surface area contributed by atoms with Gasteiger partial charge in [0.15, 0.2) is 0 Å². The fraction of sp³-hybridized carbons (Fsp3) is 0.562. The molecular weight excluding hydrogens is 274 g/mol. The van der Waals surface area contributed by atoms with Gasteiger partial charge in [-0.05, 0) is 37.0 Å². The zero-order valence-electron chi connectivity index (χ0n) is 12.1. The molecule has 3 nitrogen and oxygen atoms in total. The van der Waals surface area contributed by atoms with Crippen molar-refractivity contribution in [3.63, 3.8) is 0 Å². The number of amides is 1. The first-order valence-electron chi connectivity index (χ1n) is 7.17. The van der Waals surface area contributed by atoms with Gasteiger partial charge in [-0.15, -0.1) is 11.6 Å². The molecule has 0 radical (unpaired) electrons. The number of carbonyl (C=O) groups is 1. The summed E-state index contributed by atoms with van der Waals surface area (Å²) < 4.78 is 5.62. The highest BCUT2D eigenvalue weighted by Gasteiger charge is 2.26. The molecule has 1 aromatic carbocycles. The molecule has 1 heterocycles. The number of ether oxygens (including phenoxy) is 1. The van der Waals surface area contributed by atoms with Gasteiger partial charge >= 0.3 is 0 Å². The van der Waals surface area contributed by atoms with Crippen LogP contribution in [0.3, 0.4) is 0 Å². The summed E-state index contributed by atoms with van der Waals surface area (Å²) in [7, 11) is 0. The first kappa shape index (κ1) is 15.2. The molecule has 1 aliphatic heterocycles. The van der Waals surface area contributed by atoms with Crippen LogP contribution in [0.25, 0.3) is 0 Å². The molecule has 1 saturated heterocycles. The van der Waals surface area contributed by atoms with Crippen LogP contribution in [-0.4, -0.2) is 35.9 Å². The van der Waals surface area contributed by atoms with E-state index in [2.05, 4.69) is 6.92 Å². The normalized spacial score (nSPS) is 22.6. The highest BCUT2D eigenvalue weighted by molar-refractivity contribution is 6.21. The van der Waals surface area contributed by atoms with Crippen molar-refractivity contribution >= 4 is 17.5 Å². The highest BCUT2D eigenvalue weighted by Crippen LogP contribution is 2.22. The number of benzene rings is 1. The molecule has 0 N–H and O–H groups in total. The molecule has 2 rings (SSSR count). The van der Waals surface area contributed by atoms with E-state index in [0.29, 0.717) is 25.5 Å². The van der Waals surface area contributed by atoms with Crippen molar-refractivity contribution < 1.29 is 9.53 Å². The fourth-order valence-corrected chi connectivity index (χ4v) is 2.66. The zero-order chi connectivity index (χ0) is 14.5. The molecule has 110 valence electrons.